The molecule has 2 amide bonds. The summed E-state index contributed by atoms with van der Waals surface area (Å²) in [6, 6.07) is 5.88. The van der Waals surface area contributed by atoms with E-state index in [1.165, 1.54) is 10.5 Å². The molecule has 1 saturated heterocycles. The lowest BCUT2D eigenvalue weighted by Gasteiger charge is -2.33. The minimum absolute atomic E-state index is 0.0296. The van der Waals surface area contributed by atoms with Gasteiger partial charge in [0.05, 0.1) is 11.4 Å². The van der Waals surface area contributed by atoms with Crippen molar-refractivity contribution in [1.29, 1.82) is 0 Å². The molecule has 0 saturated carbocycles. The Balaban J connectivity index is 1.60. The average Bonchev–Trinajstić information content (AvgIpc) is 3.14. The summed E-state index contributed by atoms with van der Waals surface area (Å²) in [5.41, 5.74) is 3.23. The van der Waals surface area contributed by atoms with Crippen LogP contribution in [0.4, 0.5) is 0 Å². The summed E-state index contributed by atoms with van der Waals surface area (Å²) < 4.78 is 28.9. The summed E-state index contributed by atoms with van der Waals surface area (Å²) >= 11 is 0. The number of amides is 2. The van der Waals surface area contributed by atoms with Crippen LogP contribution >= 0.6 is 0 Å². The van der Waals surface area contributed by atoms with Crippen molar-refractivity contribution in [3.8, 4) is 0 Å². The van der Waals surface area contributed by atoms with E-state index in [0.717, 1.165) is 43.4 Å². The molecule has 0 spiro atoms. The first-order valence-corrected chi connectivity index (χ1v) is 15.7. The van der Waals surface area contributed by atoms with Crippen molar-refractivity contribution < 1.29 is 18.0 Å². The molecule has 2 N–H and O–H groups in total. The lowest BCUT2D eigenvalue weighted by Crippen LogP contribution is -2.55. The molecule has 1 aromatic carbocycles. The van der Waals surface area contributed by atoms with E-state index < -0.39 is 16.1 Å². The van der Waals surface area contributed by atoms with Crippen molar-refractivity contribution in [2.45, 2.75) is 70.2 Å². The zero-order chi connectivity index (χ0) is 28.3. The van der Waals surface area contributed by atoms with E-state index in [1.54, 1.807) is 29.2 Å². The summed E-state index contributed by atoms with van der Waals surface area (Å²) in [4.78, 5) is 29.6. The molecule has 0 bridgehead atoms. The van der Waals surface area contributed by atoms with E-state index in [2.05, 4.69) is 35.2 Å². The van der Waals surface area contributed by atoms with Crippen LogP contribution in [0.25, 0.3) is 5.57 Å². The van der Waals surface area contributed by atoms with Crippen molar-refractivity contribution in [1.82, 2.24) is 19.8 Å². The molecule has 1 aromatic rings. The number of carbonyl (C=O) groups is 2. The van der Waals surface area contributed by atoms with Gasteiger partial charge in [-0.25, -0.2) is 8.42 Å². The van der Waals surface area contributed by atoms with Crippen LogP contribution in [0.3, 0.4) is 0 Å². The van der Waals surface area contributed by atoms with Gasteiger partial charge >= 0.3 is 0 Å². The highest BCUT2D eigenvalue weighted by Crippen LogP contribution is 2.24. The lowest BCUT2D eigenvalue weighted by molar-refractivity contribution is -0.143. The van der Waals surface area contributed by atoms with Gasteiger partial charge in [0.2, 0.25) is 21.8 Å². The maximum Gasteiger partial charge on any atom is 0.242 e. The largest absolute Gasteiger partial charge is 0.340 e. The first kappa shape index (κ1) is 30.8. The number of benzene rings is 1. The molecule has 3 rings (SSSR count). The van der Waals surface area contributed by atoms with Crippen LogP contribution in [0.15, 0.2) is 59.0 Å². The Morgan fingerprint density at radius 3 is 2.56 bits per heavy atom. The first-order chi connectivity index (χ1) is 18.7. The molecule has 8 nitrogen and oxygen atoms in total. The zero-order valence-electron chi connectivity index (χ0n) is 23.6. The third-order valence-electron chi connectivity index (χ3n) is 7.07. The smallest absolute Gasteiger partial charge is 0.242 e. The topological polar surface area (TPSA) is 98.8 Å². The fraction of sp³-hybridized carbons (Fsp3) is 0.533. The van der Waals surface area contributed by atoms with E-state index in [0.29, 0.717) is 39.0 Å². The van der Waals surface area contributed by atoms with Gasteiger partial charge in [-0.3, -0.25) is 9.59 Å². The van der Waals surface area contributed by atoms with Crippen LogP contribution in [0, 0.1) is 0 Å². The second-order valence-electron chi connectivity index (χ2n) is 10.3. The number of allylic oxidation sites excluding steroid dienone is 6. The number of nitrogens with one attached hydrogen (secondary N) is 2. The second kappa shape index (κ2) is 15.1. The minimum atomic E-state index is -3.90. The third kappa shape index (κ3) is 9.15. The Hall–Kier alpha value is -2.75. The van der Waals surface area contributed by atoms with Crippen LogP contribution < -0.4 is 10.0 Å². The molecule has 214 valence electrons. The fourth-order valence-corrected chi connectivity index (χ4v) is 6.01. The molecule has 1 heterocycles. The van der Waals surface area contributed by atoms with Crippen LogP contribution in [0.1, 0.15) is 64.9 Å². The van der Waals surface area contributed by atoms with Gasteiger partial charge < -0.3 is 15.1 Å². The number of unbranched alkanes of at least 4 members (excludes halogenated alkanes) is 1. The number of hydrogen-bond acceptors (Lipinski definition) is 5. The molecule has 0 radical (unpaired) electrons. The highest BCUT2D eigenvalue weighted by molar-refractivity contribution is 7.89. The predicted molar refractivity (Wildman–Crippen MR) is 157 cm³/mol. The number of piperidine rings is 1. The zero-order valence-corrected chi connectivity index (χ0v) is 24.4. The summed E-state index contributed by atoms with van der Waals surface area (Å²) in [5, 5.41) is 3.36. The van der Waals surface area contributed by atoms with Gasteiger partial charge in [-0.05, 0) is 68.8 Å². The highest BCUT2D eigenvalue weighted by Gasteiger charge is 2.34. The maximum absolute atomic E-state index is 13.2. The van der Waals surface area contributed by atoms with Crippen molar-refractivity contribution in [3.05, 3.63) is 59.7 Å². The maximum atomic E-state index is 13.2. The molecular weight excluding hydrogens is 512 g/mol. The molecular formula is C30H44N4O4S. The summed E-state index contributed by atoms with van der Waals surface area (Å²) in [5.74, 6) is -0.445. The monoisotopic (exact) mass is 556 g/mol. The Bertz CT molecular complexity index is 1170. The fourth-order valence-electron chi connectivity index (χ4n) is 4.79. The molecule has 9 heteroatoms. The van der Waals surface area contributed by atoms with E-state index >= 15 is 0 Å². The standard InChI is InChI=1S/C30H44N4O4S/c1-4-6-18-31-19-22-33(20-5-2)29(35)23-34-21-8-11-28(30(34)36)32-39(37,38)27-16-14-26(15-17-27)25-10-7-9-24(3)12-13-25/h7,9,12-17,28,31-32H,4-6,8,10-11,18-23H2,1-3H3/t28-/m0/s1. The van der Waals surface area contributed by atoms with E-state index in [-0.39, 0.29) is 23.3 Å². The normalized spacial score (nSPS) is 18.0. The number of carbonyl (C=O) groups excluding carboxylic acids is 2. The van der Waals surface area contributed by atoms with Gasteiger partial charge in [0.1, 0.15) is 6.04 Å². The molecule has 39 heavy (non-hydrogen) atoms. The molecule has 0 aromatic heterocycles. The van der Waals surface area contributed by atoms with Crippen LogP contribution in [-0.2, 0) is 19.6 Å². The Kier molecular flexibility index (Phi) is 12.0. The highest BCUT2D eigenvalue weighted by atomic mass is 32.2. The van der Waals surface area contributed by atoms with Gasteiger partial charge in [0.25, 0.3) is 0 Å². The van der Waals surface area contributed by atoms with Crippen molar-refractivity contribution >= 4 is 27.4 Å². The van der Waals surface area contributed by atoms with Gasteiger partial charge in [-0.1, -0.05) is 62.3 Å². The number of nitrogens with zero attached hydrogens (tertiary/aromatic N) is 2. The number of sulfonamides is 1. The summed E-state index contributed by atoms with van der Waals surface area (Å²) in [6.45, 7) is 9.48. The lowest BCUT2D eigenvalue weighted by atomic mass is 10.0. The first-order valence-electron chi connectivity index (χ1n) is 14.2. The number of likely N-dealkylation sites (tertiary alicyclic amines) is 1. The van der Waals surface area contributed by atoms with Crippen molar-refractivity contribution in [2.75, 3.05) is 39.3 Å². The number of rotatable bonds is 14. The Morgan fingerprint density at radius 2 is 1.85 bits per heavy atom. The van der Waals surface area contributed by atoms with Crippen LogP contribution in [-0.4, -0.2) is 75.3 Å². The molecule has 1 aliphatic carbocycles. The second-order valence-corrected chi connectivity index (χ2v) is 12.0. The van der Waals surface area contributed by atoms with Crippen molar-refractivity contribution in [3.63, 3.8) is 0 Å². The van der Waals surface area contributed by atoms with Gasteiger partial charge in [0.15, 0.2) is 0 Å². The quantitative estimate of drug-likeness (QED) is 0.339. The predicted octanol–water partition coefficient (Wildman–Crippen LogP) is 3.87. The number of hydrogen-bond donors (Lipinski definition) is 2. The summed E-state index contributed by atoms with van der Waals surface area (Å²) in [7, 11) is -3.90. The Labute approximate surface area is 234 Å². The minimum Gasteiger partial charge on any atom is -0.340 e. The van der Waals surface area contributed by atoms with E-state index in [1.807, 2.05) is 19.9 Å². The molecule has 1 fully saturated rings. The molecule has 2 aliphatic rings. The van der Waals surface area contributed by atoms with Crippen molar-refractivity contribution in [2.24, 2.45) is 0 Å². The van der Waals surface area contributed by atoms with Gasteiger partial charge in [-0.2, -0.15) is 4.72 Å². The van der Waals surface area contributed by atoms with Crippen LogP contribution in [0.2, 0.25) is 0 Å². The molecule has 1 aliphatic heterocycles. The van der Waals surface area contributed by atoms with Gasteiger partial charge in [-0.15, -0.1) is 0 Å². The SMILES string of the molecule is CCCCNCCN(CCC)C(=O)CN1CCC[C@H](NS(=O)(=O)c2ccc(C3=CC=C(C)C=CC3)cc2)C1=O. The van der Waals surface area contributed by atoms with E-state index in [9.17, 15) is 18.0 Å². The third-order valence-corrected chi connectivity index (χ3v) is 8.55. The van der Waals surface area contributed by atoms with Gasteiger partial charge in [0, 0.05) is 26.2 Å². The summed E-state index contributed by atoms with van der Waals surface area (Å²) in [6.07, 6.45) is 13.1. The van der Waals surface area contributed by atoms with Crippen LogP contribution in [0.5, 0.6) is 0 Å². The molecule has 0 unspecified atom stereocenters. The average molecular weight is 557 g/mol. The van der Waals surface area contributed by atoms with E-state index in [4.69, 9.17) is 0 Å². The molecule has 1 atom stereocenters. The Morgan fingerprint density at radius 1 is 1.08 bits per heavy atom.